The lowest BCUT2D eigenvalue weighted by Crippen LogP contribution is -2.46. The molecule has 1 aromatic rings. The van der Waals surface area contributed by atoms with Crippen LogP contribution < -0.4 is 10.6 Å². The molecule has 112 valence electrons. The Balaban J connectivity index is 2.24. The molecule has 1 unspecified atom stereocenters. The minimum absolute atomic E-state index is 0.287. The van der Waals surface area contributed by atoms with Gasteiger partial charge in [0.15, 0.2) is 5.82 Å². The van der Waals surface area contributed by atoms with E-state index in [9.17, 15) is 9.59 Å². The van der Waals surface area contributed by atoms with E-state index in [1.54, 1.807) is 0 Å². The Kier molecular flexibility index (Phi) is 7.04. The average molecular weight is 286 g/mol. The van der Waals surface area contributed by atoms with Crippen LogP contribution in [-0.4, -0.2) is 53.6 Å². The summed E-state index contributed by atoms with van der Waals surface area (Å²) in [6, 6.07) is -1.48. The van der Waals surface area contributed by atoms with E-state index in [-0.39, 0.29) is 6.54 Å². The molecule has 0 saturated heterocycles. The minimum Gasteiger partial charge on any atom is -0.480 e. The number of carbonyl (C=O) groups is 2. The smallest absolute Gasteiger partial charge is 0.326 e. The molecule has 20 heavy (non-hydrogen) atoms. The monoisotopic (exact) mass is 286 g/mol. The number of hydrogen-bond donors (Lipinski definition) is 3. The molecule has 0 radical (unpaired) electrons. The molecule has 1 rings (SSSR count). The number of hydrogen-bond acceptors (Lipinski definition) is 6. The molecule has 1 aromatic heterocycles. The van der Waals surface area contributed by atoms with Crippen molar-refractivity contribution in [2.45, 2.75) is 25.3 Å². The zero-order valence-corrected chi connectivity index (χ0v) is 11.2. The Morgan fingerprint density at radius 2 is 2.35 bits per heavy atom. The van der Waals surface area contributed by atoms with Gasteiger partial charge < -0.3 is 25.0 Å². The fourth-order valence-electron chi connectivity index (χ4n) is 1.49. The fourth-order valence-corrected chi connectivity index (χ4v) is 1.49. The van der Waals surface area contributed by atoms with Gasteiger partial charge in [-0.15, -0.1) is 0 Å². The third-order valence-electron chi connectivity index (χ3n) is 2.49. The van der Waals surface area contributed by atoms with Gasteiger partial charge in [0, 0.05) is 26.7 Å². The van der Waals surface area contributed by atoms with Gasteiger partial charge >= 0.3 is 12.0 Å². The molecule has 9 nitrogen and oxygen atoms in total. The molecule has 9 heteroatoms. The van der Waals surface area contributed by atoms with Crippen LogP contribution in [-0.2, 0) is 16.0 Å². The molecular formula is C11H18N4O5. The zero-order chi connectivity index (χ0) is 14.8. The van der Waals surface area contributed by atoms with Gasteiger partial charge in [0.25, 0.3) is 0 Å². The summed E-state index contributed by atoms with van der Waals surface area (Å²) in [7, 11) is 1.54. The van der Waals surface area contributed by atoms with Crippen molar-refractivity contribution in [3.8, 4) is 0 Å². The van der Waals surface area contributed by atoms with Gasteiger partial charge in [0.1, 0.15) is 6.04 Å². The first-order valence-electron chi connectivity index (χ1n) is 6.15. The second-order valence-corrected chi connectivity index (χ2v) is 4.02. The second kappa shape index (κ2) is 8.86. The normalized spacial score (nSPS) is 11.8. The molecule has 0 aliphatic heterocycles. The first kappa shape index (κ1) is 15.9. The molecule has 0 aromatic carbocycles. The van der Waals surface area contributed by atoms with Gasteiger partial charge in [-0.05, 0) is 12.8 Å². The Labute approximate surface area is 115 Å². The van der Waals surface area contributed by atoms with E-state index in [4.69, 9.17) is 9.84 Å². The van der Waals surface area contributed by atoms with Crippen LogP contribution in [0.4, 0.5) is 4.79 Å². The zero-order valence-electron chi connectivity index (χ0n) is 11.2. The van der Waals surface area contributed by atoms with E-state index in [0.29, 0.717) is 31.7 Å². The number of rotatable bonds is 9. The van der Waals surface area contributed by atoms with Crippen LogP contribution in [0, 0.1) is 0 Å². The molecule has 0 bridgehead atoms. The summed E-state index contributed by atoms with van der Waals surface area (Å²) in [5.41, 5.74) is 0. The summed E-state index contributed by atoms with van der Waals surface area (Å²) in [5, 5.41) is 17.5. The van der Waals surface area contributed by atoms with E-state index in [1.165, 1.54) is 13.5 Å². The highest BCUT2D eigenvalue weighted by Gasteiger charge is 2.19. The minimum atomic E-state index is -1.07. The standard InChI is InChI=1S/C11H18N4O5/c1-19-6-2-3-8(10(16)17)14-11(18)12-5-4-9-13-7-20-15-9/h7-8H,2-6H2,1H3,(H,16,17)(H2,12,14,18). The number of carbonyl (C=O) groups excluding carboxylic acids is 1. The molecule has 0 spiro atoms. The summed E-state index contributed by atoms with van der Waals surface area (Å²) in [6.45, 7) is 0.737. The van der Waals surface area contributed by atoms with Crippen LogP contribution in [0.2, 0.25) is 0 Å². The first-order valence-corrected chi connectivity index (χ1v) is 6.15. The number of aliphatic carboxylic acids is 1. The van der Waals surface area contributed by atoms with E-state index < -0.39 is 18.0 Å². The Morgan fingerprint density at radius 1 is 1.55 bits per heavy atom. The van der Waals surface area contributed by atoms with Crippen molar-refractivity contribution in [3.05, 3.63) is 12.2 Å². The van der Waals surface area contributed by atoms with Gasteiger partial charge in [-0.25, -0.2) is 9.59 Å². The molecule has 0 saturated carbocycles. The van der Waals surface area contributed by atoms with Crippen molar-refractivity contribution in [1.82, 2.24) is 20.8 Å². The van der Waals surface area contributed by atoms with Crippen LogP contribution in [0.3, 0.4) is 0 Å². The molecule has 0 fully saturated rings. The first-order chi connectivity index (χ1) is 9.63. The van der Waals surface area contributed by atoms with Crippen LogP contribution in [0.15, 0.2) is 10.9 Å². The number of nitrogens with zero attached hydrogens (tertiary/aromatic N) is 2. The van der Waals surface area contributed by atoms with Crippen LogP contribution in [0.5, 0.6) is 0 Å². The Bertz CT molecular complexity index is 409. The van der Waals surface area contributed by atoms with E-state index in [0.717, 1.165) is 0 Å². The maximum atomic E-state index is 11.5. The lowest BCUT2D eigenvalue weighted by Gasteiger charge is -2.14. The molecule has 3 N–H and O–H groups in total. The fraction of sp³-hybridized carbons (Fsp3) is 0.636. The second-order valence-electron chi connectivity index (χ2n) is 4.02. The largest absolute Gasteiger partial charge is 0.480 e. The lowest BCUT2D eigenvalue weighted by atomic mass is 10.1. The lowest BCUT2D eigenvalue weighted by molar-refractivity contribution is -0.139. The quantitative estimate of drug-likeness (QED) is 0.536. The van der Waals surface area contributed by atoms with Gasteiger partial charge in [0.05, 0.1) is 0 Å². The number of aromatic nitrogens is 2. The molecule has 1 atom stereocenters. The summed E-state index contributed by atoms with van der Waals surface area (Å²) in [5.74, 6) is -0.602. The number of carboxylic acid groups (broad SMARTS) is 1. The Morgan fingerprint density at radius 3 is 2.95 bits per heavy atom. The van der Waals surface area contributed by atoms with Crippen molar-refractivity contribution < 1.29 is 24.0 Å². The van der Waals surface area contributed by atoms with Crippen molar-refractivity contribution in [1.29, 1.82) is 0 Å². The van der Waals surface area contributed by atoms with Gasteiger partial charge in [-0.1, -0.05) is 5.16 Å². The summed E-state index contributed by atoms with van der Waals surface area (Å²) in [6.07, 6.45) is 2.47. The highest BCUT2D eigenvalue weighted by Crippen LogP contribution is 1.98. The van der Waals surface area contributed by atoms with E-state index in [2.05, 4.69) is 25.3 Å². The number of nitrogens with one attached hydrogen (secondary N) is 2. The number of carboxylic acids is 1. The van der Waals surface area contributed by atoms with Gasteiger partial charge in [-0.3, -0.25) is 0 Å². The molecule has 1 heterocycles. The van der Waals surface area contributed by atoms with Crippen molar-refractivity contribution in [2.75, 3.05) is 20.3 Å². The van der Waals surface area contributed by atoms with Crippen LogP contribution in [0.1, 0.15) is 18.7 Å². The SMILES string of the molecule is COCCCC(NC(=O)NCCc1ncon1)C(=O)O. The van der Waals surface area contributed by atoms with Gasteiger partial charge in [-0.2, -0.15) is 4.98 Å². The summed E-state index contributed by atoms with van der Waals surface area (Å²) < 4.78 is 9.38. The van der Waals surface area contributed by atoms with Gasteiger partial charge in [0.2, 0.25) is 6.39 Å². The van der Waals surface area contributed by atoms with Crippen LogP contribution >= 0.6 is 0 Å². The average Bonchev–Trinajstić information content (AvgIpc) is 2.91. The molecular weight excluding hydrogens is 268 g/mol. The third kappa shape index (κ3) is 6.14. The van der Waals surface area contributed by atoms with E-state index in [1.807, 2.05) is 0 Å². The topological polar surface area (TPSA) is 127 Å². The van der Waals surface area contributed by atoms with Crippen LogP contribution in [0.25, 0.3) is 0 Å². The predicted octanol–water partition coefficient (Wildman–Crippen LogP) is -0.209. The molecule has 0 aliphatic carbocycles. The van der Waals surface area contributed by atoms with E-state index >= 15 is 0 Å². The summed E-state index contributed by atoms with van der Waals surface area (Å²) in [4.78, 5) is 26.3. The molecule has 2 amide bonds. The maximum absolute atomic E-state index is 11.5. The summed E-state index contributed by atoms with van der Waals surface area (Å²) >= 11 is 0. The number of amides is 2. The van der Waals surface area contributed by atoms with Crippen molar-refractivity contribution >= 4 is 12.0 Å². The third-order valence-corrected chi connectivity index (χ3v) is 2.49. The Hall–Kier alpha value is -2.16. The highest BCUT2D eigenvalue weighted by atomic mass is 16.5. The van der Waals surface area contributed by atoms with Crippen molar-refractivity contribution in [2.24, 2.45) is 0 Å². The highest BCUT2D eigenvalue weighted by molar-refractivity contribution is 5.82. The number of ether oxygens (including phenoxy) is 1. The predicted molar refractivity (Wildman–Crippen MR) is 67.1 cm³/mol. The number of urea groups is 1. The molecule has 0 aliphatic rings. The number of methoxy groups -OCH3 is 1. The maximum Gasteiger partial charge on any atom is 0.326 e. The van der Waals surface area contributed by atoms with Crippen molar-refractivity contribution in [3.63, 3.8) is 0 Å².